The molecule has 1 aliphatic heterocycles. The van der Waals surface area contributed by atoms with Gasteiger partial charge in [-0.1, -0.05) is 18.2 Å². The fourth-order valence-corrected chi connectivity index (χ4v) is 3.41. The highest BCUT2D eigenvalue weighted by molar-refractivity contribution is 6.09. The summed E-state index contributed by atoms with van der Waals surface area (Å²) in [6, 6.07) is 5.38. The van der Waals surface area contributed by atoms with E-state index < -0.39 is 23.4 Å². The maximum atomic E-state index is 12.8. The third kappa shape index (κ3) is 3.24. The number of methoxy groups -OCH3 is 1. The van der Waals surface area contributed by atoms with Gasteiger partial charge in [-0.15, -0.1) is 0 Å². The molecule has 2 aliphatic rings. The highest BCUT2D eigenvalue weighted by atomic mass is 16.5. The number of fused-ring (bicyclic) bond motifs is 1. The molecule has 1 aromatic rings. The molecule has 7 heteroatoms. The summed E-state index contributed by atoms with van der Waals surface area (Å²) in [7, 11) is 1.53. The zero-order valence-corrected chi connectivity index (χ0v) is 14.6. The molecule has 4 amide bonds. The zero-order chi connectivity index (χ0) is 18.0. The van der Waals surface area contributed by atoms with E-state index >= 15 is 0 Å². The molecule has 0 saturated carbocycles. The van der Waals surface area contributed by atoms with Gasteiger partial charge >= 0.3 is 6.03 Å². The number of hydrogen-bond acceptors (Lipinski definition) is 4. The van der Waals surface area contributed by atoms with Gasteiger partial charge in [-0.05, 0) is 42.9 Å². The van der Waals surface area contributed by atoms with Crippen LogP contribution in [-0.2, 0) is 32.7 Å². The zero-order valence-electron chi connectivity index (χ0n) is 14.6. The van der Waals surface area contributed by atoms with E-state index in [0.29, 0.717) is 13.2 Å². The molecule has 0 radical (unpaired) electrons. The van der Waals surface area contributed by atoms with Crippen LogP contribution in [0.1, 0.15) is 30.0 Å². The average Bonchev–Trinajstić information content (AvgIpc) is 3.13. The van der Waals surface area contributed by atoms with Crippen molar-refractivity contribution in [1.82, 2.24) is 15.5 Å². The second kappa shape index (κ2) is 6.84. The highest BCUT2D eigenvalue weighted by Gasteiger charge is 2.49. The number of aryl methyl sites for hydroxylation is 2. The number of ether oxygens (including phenoxy) is 1. The van der Waals surface area contributed by atoms with Gasteiger partial charge in [0.05, 0.1) is 6.61 Å². The van der Waals surface area contributed by atoms with Gasteiger partial charge in [0.2, 0.25) is 5.91 Å². The predicted molar refractivity (Wildman–Crippen MR) is 90.9 cm³/mol. The lowest BCUT2D eigenvalue weighted by atomic mass is 9.89. The molecular weight excluding hydrogens is 322 g/mol. The van der Waals surface area contributed by atoms with Gasteiger partial charge in [-0.2, -0.15) is 0 Å². The van der Waals surface area contributed by atoms with Crippen LogP contribution < -0.4 is 10.6 Å². The SMILES string of the molecule is COCCNC(=O)CN1C(=O)N[C@](C)(c2ccc3c(c2)CCC3)C1=O. The summed E-state index contributed by atoms with van der Waals surface area (Å²) in [5.74, 6) is -0.795. The van der Waals surface area contributed by atoms with Gasteiger partial charge in [0.1, 0.15) is 12.1 Å². The predicted octanol–water partition coefficient (Wildman–Crippen LogP) is 0.705. The topological polar surface area (TPSA) is 87.7 Å². The molecule has 0 aromatic heterocycles. The minimum atomic E-state index is -1.14. The smallest absolute Gasteiger partial charge is 0.325 e. The van der Waals surface area contributed by atoms with Crippen LogP contribution in [0.2, 0.25) is 0 Å². The van der Waals surface area contributed by atoms with E-state index in [1.807, 2.05) is 18.2 Å². The largest absolute Gasteiger partial charge is 0.383 e. The Morgan fingerprint density at radius 2 is 2.08 bits per heavy atom. The van der Waals surface area contributed by atoms with Crippen molar-refractivity contribution in [3.8, 4) is 0 Å². The number of benzene rings is 1. The first-order chi connectivity index (χ1) is 12.0. The average molecular weight is 345 g/mol. The molecule has 7 nitrogen and oxygen atoms in total. The van der Waals surface area contributed by atoms with Crippen molar-refractivity contribution in [3.63, 3.8) is 0 Å². The summed E-state index contributed by atoms with van der Waals surface area (Å²) in [6.07, 6.45) is 3.16. The summed E-state index contributed by atoms with van der Waals surface area (Å²) >= 11 is 0. The van der Waals surface area contributed by atoms with Crippen molar-refractivity contribution in [2.45, 2.75) is 31.7 Å². The lowest BCUT2D eigenvalue weighted by molar-refractivity contribution is -0.134. The molecule has 25 heavy (non-hydrogen) atoms. The van der Waals surface area contributed by atoms with Gasteiger partial charge in [0.25, 0.3) is 5.91 Å². The molecule has 2 N–H and O–H groups in total. The molecule has 134 valence electrons. The van der Waals surface area contributed by atoms with Crippen molar-refractivity contribution in [1.29, 1.82) is 0 Å². The maximum absolute atomic E-state index is 12.8. The fraction of sp³-hybridized carbons (Fsp3) is 0.500. The first-order valence-corrected chi connectivity index (χ1v) is 8.47. The van der Waals surface area contributed by atoms with Crippen LogP contribution in [0.3, 0.4) is 0 Å². The molecular formula is C18H23N3O4. The van der Waals surface area contributed by atoms with Crippen molar-refractivity contribution < 1.29 is 19.1 Å². The maximum Gasteiger partial charge on any atom is 0.325 e. The van der Waals surface area contributed by atoms with E-state index in [-0.39, 0.29) is 6.54 Å². The van der Waals surface area contributed by atoms with Crippen LogP contribution in [0.15, 0.2) is 18.2 Å². The number of hydrogen-bond donors (Lipinski definition) is 2. The van der Waals surface area contributed by atoms with E-state index in [1.165, 1.54) is 18.2 Å². The Hall–Kier alpha value is -2.41. The number of carbonyl (C=O) groups is 3. The number of amides is 4. The van der Waals surface area contributed by atoms with E-state index in [2.05, 4.69) is 10.6 Å². The van der Waals surface area contributed by atoms with Crippen LogP contribution in [0.25, 0.3) is 0 Å². The fourth-order valence-electron chi connectivity index (χ4n) is 3.41. The molecule has 1 atom stereocenters. The van der Waals surface area contributed by atoms with Crippen LogP contribution in [0.5, 0.6) is 0 Å². The Labute approximate surface area is 146 Å². The first kappa shape index (κ1) is 17.4. The Balaban J connectivity index is 1.74. The quantitative estimate of drug-likeness (QED) is 0.587. The number of nitrogens with one attached hydrogen (secondary N) is 2. The third-order valence-corrected chi connectivity index (χ3v) is 4.88. The number of urea groups is 1. The molecule has 1 heterocycles. The van der Waals surface area contributed by atoms with E-state index in [1.54, 1.807) is 6.92 Å². The molecule has 1 aromatic carbocycles. The van der Waals surface area contributed by atoms with Gasteiger partial charge in [-0.25, -0.2) is 4.79 Å². The van der Waals surface area contributed by atoms with Crippen molar-refractivity contribution in [2.75, 3.05) is 26.8 Å². The van der Waals surface area contributed by atoms with Crippen molar-refractivity contribution >= 4 is 17.8 Å². The molecule has 3 rings (SSSR count). The highest BCUT2D eigenvalue weighted by Crippen LogP contribution is 2.32. The monoisotopic (exact) mass is 345 g/mol. The minimum absolute atomic E-state index is 0.297. The molecule has 1 saturated heterocycles. The second-order valence-electron chi connectivity index (χ2n) is 6.63. The summed E-state index contributed by atoms with van der Waals surface area (Å²) in [5, 5.41) is 5.36. The Morgan fingerprint density at radius 1 is 1.32 bits per heavy atom. The van der Waals surface area contributed by atoms with Crippen molar-refractivity contribution in [3.05, 3.63) is 34.9 Å². The normalized spacial score (nSPS) is 22.1. The Kier molecular flexibility index (Phi) is 4.76. The lowest BCUT2D eigenvalue weighted by Crippen LogP contribution is -2.43. The standard InChI is InChI=1S/C18H23N3O4/c1-18(14-7-6-12-4-3-5-13(12)10-14)16(23)21(17(24)20-18)11-15(22)19-8-9-25-2/h6-7,10H,3-5,8-9,11H2,1-2H3,(H,19,22)(H,20,24)/t18-/m1/s1. The van der Waals surface area contributed by atoms with Gasteiger partial charge in [0, 0.05) is 13.7 Å². The summed E-state index contributed by atoms with van der Waals surface area (Å²) < 4.78 is 4.86. The van der Waals surface area contributed by atoms with Crippen LogP contribution in [-0.4, -0.2) is 49.6 Å². The molecule has 1 aliphatic carbocycles. The number of carbonyl (C=O) groups excluding carboxylic acids is 3. The first-order valence-electron chi connectivity index (χ1n) is 8.47. The molecule has 1 fully saturated rings. The van der Waals surface area contributed by atoms with Gasteiger partial charge < -0.3 is 15.4 Å². The van der Waals surface area contributed by atoms with Gasteiger partial charge in [0.15, 0.2) is 0 Å². The number of imide groups is 1. The lowest BCUT2D eigenvalue weighted by Gasteiger charge is -2.23. The summed E-state index contributed by atoms with van der Waals surface area (Å²) in [4.78, 5) is 38.0. The van der Waals surface area contributed by atoms with E-state index in [0.717, 1.165) is 29.7 Å². The molecule has 0 unspecified atom stereocenters. The number of rotatable bonds is 6. The van der Waals surface area contributed by atoms with Crippen LogP contribution >= 0.6 is 0 Å². The molecule has 0 bridgehead atoms. The van der Waals surface area contributed by atoms with Crippen molar-refractivity contribution in [2.24, 2.45) is 0 Å². The van der Waals surface area contributed by atoms with E-state index in [9.17, 15) is 14.4 Å². The summed E-state index contributed by atoms with van der Waals surface area (Å²) in [6.45, 7) is 2.10. The summed E-state index contributed by atoms with van der Waals surface area (Å²) in [5.41, 5.74) is 2.16. The number of nitrogens with zero attached hydrogens (tertiary/aromatic N) is 1. The van der Waals surface area contributed by atoms with Crippen LogP contribution in [0, 0.1) is 0 Å². The Bertz CT molecular complexity index is 718. The van der Waals surface area contributed by atoms with E-state index in [4.69, 9.17) is 4.74 Å². The molecule has 0 spiro atoms. The van der Waals surface area contributed by atoms with Gasteiger partial charge in [-0.3, -0.25) is 14.5 Å². The minimum Gasteiger partial charge on any atom is -0.383 e. The second-order valence-corrected chi connectivity index (χ2v) is 6.63. The van der Waals surface area contributed by atoms with Crippen LogP contribution in [0.4, 0.5) is 4.79 Å². The Morgan fingerprint density at radius 3 is 2.84 bits per heavy atom. The third-order valence-electron chi connectivity index (χ3n) is 4.88.